The molecule has 0 spiro atoms. The van der Waals surface area contributed by atoms with Gasteiger partial charge in [0.25, 0.3) is 0 Å². The van der Waals surface area contributed by atoms with Crippen molar-refractivity contribution in [2.75, 3.05) is 11.1 Å². The van der Waals surface area contributed by atoms with Crippen molar-refractivity contribution in [3.8, 4) is 22.5 Å². The van der Waals surface area contributed by atoms with Gasteiger partial charge in [0.2, 0.25) is 11.1 Å². The van der Waals surface area contributed by atoms with Crippen LogP contribution in [0.1, 0.15) is 10.4 Å². The molecule has 37 heavy (non-hydrogen) atoms. The molecule has 184 valence electrons. The standard InChI is InChI=1S/C27H19Cl2N5OS2/c28-20-12-11-19(22(29)14-20)13-21-15-30-26(37-21)31-23(35)16-36-27-32-24(17-7-3-1-4-8-17)25(33-34-27)18-9-5-2-6-10-18/h1-12,14-15H,13,16H2,(H,30,31,35). The van der Waals surface area contributed by atoms with E-state index in [1.807, 2.05) is 66.7 Å². The van der Waals surface area contributed by atoms with Crippen LogP contribution in [0.25, 0.3) is 22.5 Å². The molecule has 10 heteroatoms. The number of thioether (sulfide) groups is 1. The summed E-state index contributed by atoms with van der Waals surface area (Å²) in [6, 6.07) is 25.0. The highest BCUT2D eigenvalue weighted by Gasteiger charge is 2.15. The summed E-state index contributed by atoms with van der Waals surface area (Å²) in [6.45, 7) is 0. The van der Waals surface area contributed by atoms with Crippen molar-refractivity contribution in [3.05, 3.63) is 106 Å². The topological polar surface area (TPSA) is 80.7 Å². The Morgan fingerprint density at radius 1 is 0.892 bits per heavy atom. The first-order valence-corrected chi connectivity index (χ1v) is 13.8. The van der Waals surface area contributed by atoms with E-state index in [-0.39, 0.29) is 11.7 Å². The van der Waals surface area contributed by atoms with Gasteiger partial charge in [0.1, 0.15) is 11.4 Å². The van der Waals surface area contributed by atoms with Crippen molar-refractivity contribution in [1.82, 2.24) is 20.2 Å². The number of benzene rings is 3. The molecule has 0 saturated carbocycles. The number of rotatable bonds is 8. The van der Waals surface area contributed by atoms with Crippen LogP contribution in [0.5, 0.6) is 0 Å². The molecule has 5 aromatic rings. The Balaban J connectivity index is 1.25. The molecule has 0 fully saturated rings. The van der Waals surface area contributed by atoms with Crippen molar-refractivity contribution in [2.24, 2.45) is 0 Å². The van der Waals surface area contributed by atoms with E-state index >= 15 is 0 Å². The summed E-state index contributed by atoms with van der Waals surface area (Å²) in [6.07, 6.45) is 2.34. The SMILES string of the molecule is O=C(CSc1nnc(-c2ccccc2)c(-c2ccccc2)n1)Nc1ncc(Cc2ccc(Cl)cc2Cl)s1. The molecule has 0 saturated heterocycles. The fourth-order valence-electron chi connectivity index (χ4n) is 3.55. The lowest BCUT2D eigenvalue weighted by Crippen LogP contribution is -2.14. The second kappa shape index (κ2) is 11.8. The number of aromatic nitrogens is 4. The molecule has 0 aliphatic heterocycles. The average Bonchev–Trinajstić information content (AvgIpc) is 3.36. The van der Waals surface area contributed by atoms with Crippen LogP contribution in [0, 0.1) is 0 Å². The highest BCUT2D eigenvalue weighted by Crippen LogP contribution is 2.30. The summed E-state index contributed by atoms with van der Waals surface area (Å²) in [4.78, 5) is 22.6. The number of amides is 1. The van der Waals surface area contributed by atoms with Crippen molar-refractivity contribution in [3.63, 3.8) is 0 Å². The number of nitrogens with zero attached hydrogens (tertiary/aromatic N) is 4. The van der Waals surface area contributed by atoms with Crippen molar-refractivity contribution < 1.29 is 4.79 Å². The molecule has 3 aromatic carbocycles. The van der Waals surface area contributed by atoms with Gasteiger partial charge >= 0.3 is 0 Å². The monoisotopic (exact) mass is 563 g/mol. The van der Waals surface area contributed by atoms with Crippen LogP contribution in [0.4, 0.5) is 5.13 Å². The van der Waals surface area contributed by atoms with Gasteiger partial charge in [-0.15, -0.1) is 21.5 Å². The zero-order valence-electron chi connectivity index (χ0n) is 19.3. The fourth-order valence-corrected chi connectivity index (χ4v) is 5.46. The van der Waals surface area contributed by atoms with E-state index in [9.17, 15) is 4.79 Å². The van der Waals surface area contributed by atoms with E-state index in [0.29, 0.717) is 32.4 Å². The number of thiazole rings is 1. The molecule has 2 heterocycles. The highest BCUT2D eigenvalue weighted by molar-refractivity contribution is 7.99. The Morgan fingerprint density at radius 2 is 1.59 bits per heavy atom. The van der Waals surface area contributed by atoms with Crippen LogP contribution in [0.15, 0.2) is 90.2 Å². The van der Waals surface area contributed by atoms with E-state index in [2.05, 4.69) is 20.5 Å². The fraction of sp³-hybridized carbons (Fsp3) is 0.0741. The van der Waals surface area contributed by atoms with Gasteiger partial charge in [0.05, 0.1) is 5.75 Å². The molecule has 0 unspecified atom stereocenters. The second-order valence-electron chi connectivity index (χ2n) is 7.90. The lowest BCUT2D eigenvalue weighted by atomic mass is 10.0. The quantitative estimate of drug-likeness (QED) is 0.199. The van der Waals surface area contributed by atoms with Gasteiger partial charge in [-0.3, -0.25) is 4.79 Å². The molecule has 0 aliphatic rings. The number of carbonyl (C=O) groups excluding carboxylic acids is 1. The molecular weight excluding hydrogens is 545 g/mol. The lowest BCUT2D eigenvalue weighted by molar-refractivity contribution is -0.113. The van der Waals surface area contributed by atoms with Crippen LogP contribution in [-0.4, -0.2) is 31.8 Å². The minimum atomic E-state index is -0.201. The second-order valence-corrected chi connectivity index (χ2v) is 10.8. The summed E-state index contributed by atoms with van der Waals surface area (Å²) in [5, 5.41) is 13.7. The highest BCUT2D eigenvalue weighted by atomic mass is 35.5. The van der Waals surface area contributed by atoms with Crippen LogP contribution in [0.2, 0.25) is 10.0 Å². The van der Waals surface area contributed by atoms with Gasteiger partial charge in [-0.25, -0.2) is 9.97 Å². The van der Waals surface area contributed by atoms with Crippen molar-refractivity contribution in [2.45, 2.75) is 11.6 Å². The van der Waals surface area contributed by atoms with Crippen LogP contribution in [-0.2, 0) is 11.2 Å². The van der Waals surface area contributed by atoms with Crippen LogP contribution >= 0.6 is 46.3 Å². The molecule has 0 radical (unpaired) electrons. The number of halogens is 2. The Bertz CT molecular complexity index is 1530. The number of carbonyl (C=O) groups is 1. The van der Waals surface area contributed by atoms with Crippen molar-refractivity contribution in [1.29, 1.82) is 0 Å². The number of hydrogen-bond acceptors (Lipinski definition) is 7. The third kappa shape index (κ3) is 6.53. The summed E-state index contributed by atoms with van der Waals surface area (Å²) >= 11 is 14.9. The number of anilines is 1. The average molecular weight is 565 g/mol. The first-order valence-electron chi connectivity index (χ1n) is 11.2. The maximum Gasteiger partial charge on any atom is 0.236 e. The Labute approximate surface area is 232 Å². The molecule has 0 aliphatic carbocycles. The van der Waals surface area contributed by atoms with Gasteiger partial charge in [-0.2, -0.15) is 0 Å². The lowest BCUT2D eigenvalue weighted by Gasteiger charge is -2.09. The molecule has 1 amide bonds. The minimum absolute atomic E-state index is 0.124. The molecule has 0 bridgehead atoms. The number of nitrogens with one attached hydrogen (secondary N) is 1. The minimum Gasteiger partial charge on any atom is -0.301 e. The summed E-state index contributed by atoms with van der Waals surface area (Å²) in [5.74, 6) is -0.0779. The van der Waals surface area contributed by atoms with Gasteiger partial charge in [-0.05, 0) is 17.7 Å². The third-order valence-corrected chi connectivity index (χ3v) is 7.61. The Hall–Kier alpha value is -3.30. The zero-order chi connectivity index (χ0) is 25.6. The third-order valence-electron chi connectivity index (χ3n) is 5.27. The van der Waals surface area contributed by atoms with E-state index in [1.165, 1.54) is 23.1 Å². The largest absolute Gasteiger partial charge is 0.301 e. The van der Waals surface area contributed by atoms with Gasteiger partial charge in [-0.1, -0.05) is 102 Å². The van der Waals surface area contributed by atoms with Crippen molar-refractivity contribution >= 4 is 57.3 Å². The predicted molar refractivity (Wildman–Crippen MR) is 151 cm³/mol. The maximum atomic E-state index is 12.6. The van der Waals surface area contributed by atoms with Crippen LogP contribution < -0.4 is 5.32 Å². The van der Waals surface area contributed by atoms with Gasteiger partial charge in [0.15, 0.2) is 5.13 Å². The predicted octanol–water partition coefficient (Wildman–Crippen LogP) is 7.29. The Morgan fingerprint density at radius 3 is 2.30 bits per heavy atom. The van der Waals surface area contributed by atoms with Gasteiger partial charge in [0, 0.05) is 38.7 Å². The summed E-state index contributed by atoms with van der Waals surface area (Å²) < 4.78 is 0. The van der Waals surface area contributed by atoms with Crippen LogP contribution in [0.3, 0.4) is 0 Å². The smallest absolute Gasteiger partial charge is 0.236 e. The summed E-state index contributed by atoms with van der Waals surface area (Å²) in [5.41, 5.74) is 4.21. The zero-order valence-corrected chi connectivity index (χ0v) is 22.4. The molecule has 1 N–H and O–H groups in total. The molecule has 2 aromatic heterocycles. The van der Waals surface area contributed by atoms with E-state index < -0.39 is 0 Å². The van der Waals surface area contributed by atoms with E-state index in [0.717, 1.165) is 27.3 Å². The first-order chi connectivity index (χ1) is 18.0. The molecule has 0 atom stereocenters. The Kier molecular flexibility index (Phi) is 8.11. The van der Waals surface area contributed by atoms with Gasteiger partial charge < -0.3 is 5.32 Å². The van der Waals surface area contributed by atoms with E-state index in [1.54, 1.807) is 18.3 Å². The summed E-state index contributed by atoms with van der Waals surface area (Å²) in [7, 11) is 0. The van der Waals surface area contributed by atoms with E-state index in [4.69, 9.17) is 28.2 Å². The molecule has 6 nitrogen and oxygen atoms in total. The first kappa shape index (κ1) is 25.4. The molecule has 5 rings (SSSR count). The number of hydrogen-bond donors (Lipinski definition) is 1. The molecular formula is C27H19Cl2N5OS2. The maximum absolute atomic E-state index is 12.6. The normalized spacial score (nSPS) is 10.9.